The van der Waals surface area contributed by atoms with E-state index >= 15 is 0 Å². The molecule has 0 saturated heterocycles. The molecule has 4 heteroatoms. The van der Waals surface area contributed by atoms with Crippen molar-refractivity contribution < 1.29 is 9.90 Å². The lowest BCUT2D eigenvalue weighted by Crippen LogP contribution is -2.30. The summed E-state index contributed by atoms with van der Waals surface area (Å²) in [5.41, 5.74) is 1.84. The molecule has 0 aliphatic carbocycles. The molecular formula is C17H22N2O2. The molecule has 2 aromatic rings. The number of Topliss-reactive ketones (excluding diaryl/α,β-unsaturated/α-hetero) is 1. The zero-order valence-corrected chi connectivity index (χ0v) is 12.3. The summed E-state index contributed by atoms with van der Waals surface area (Å²) in [6.45, 7) is 1.07. The number of hydrogen-bond donors (Lipinski definition) is 2. The Morgan fingerprint density at radius 1 is 1.24 bits per heavy atom. The first-order valence-electron chi connectivity index (χ1n) is 7.24. The number of nitrogens with zero attached hydrogens (tertiary/aromatic N) is 1. The first kappa shape index (κ1) is 15.5. The summed E-state index contributed by atoms with van der Waals surface area (Å²) in [5.74, 6) is 0.118. The van der Waals surface area contributed by atoms with Crippen LogP contribution in [0, 0.1) is 0 Å². The Hall–Kier alpha value is -1.91. The lowest BCUT2D eigenvalue weighted by molar-refractivity contribution is 0.0971. The highest BCUT2D eigenvalue weighted by molar-refractivity contribution is 5.94. The zero-order valence-electron chi connectivity index (χ0n) is 12.3. The Morgan fingerprint density at radius 3 is 2.67 bits per heavy atom. The van der Waals surface area contributed by atoms with Crippen LogP contribution in [0.25, 0.3) is 0 Å². The van der Waals surface area contributed by atoms with Crippen LogP contribution in [0.4, 0.5) is 0 Å². The number of aromatic nitrogens is 1. The number of aryl methyl sites for hydroxylation is 1. The number of benzene rings is 1. The van der Waals surface area contributed by atoms with Crippen molar-refractivity contribution in [1.29, 1.82) is 0 Å². The van der Waals surface area contributed by atoms with Gasteiger partial charge in [0.15, 0.2) is 5.78 Å². The fourth-order valence-corrected chi connectivity index (χ4v) is 2.31. The standard InChI is InChI=1S/C17H22N2O2/c1-19-11-5-8-16(19)17(21)9-10-18-13-15(20)12-14-6-3-2-4-7-14/h2-8,11,15,18,20H,9-10,12-13H2,1H3. The quantitative estimate of drug-likeness (QED) is 0.574. The third kappa shape index (κ3) is 4.85. The highest BCUT2D eigenvalue weighted by Gasteiger charge is 2.09. The van der Waals surface area contributed by atoms with Crippen molar-refractivity contribution in [2.24, 2.45) is 7.05 Å². The van der Waals surface area contributed by atoms with Crippen LogP contribution >= 0.6 is 0 Å². The van der Waals surface area contributed by atoms with E-state index in [0.29, 0.717) is 25.9 Å². The molecule has 0 radical (unpaired) electrons. The van der Waals surface area contributed by atoms with E-state index in [-0.39, 0.29) is 5.78 Å². The van der Waals surface area contributed by atoms with E-state index < -0.39 is 6.10 Å². The Morgan fingerprint density at radius 2 is 2.00 bits per heavy atom. The molecular weight excluding hydrogens is 264 g/mol. The van der Waals surface area contributed by atoms with Gasteiger partial charge in [-0.2, -0.15) is 0 Å². The Bertz CT molecular complexity index is 563. The van der Waals surface area contributed by atoms with Crippen LogP contribution in [-0.2, 0) is 13.5 Å². The van der Waals surface area contributed by atoms with Crippen LogP contribution in [0.15, 0.2) is 48.7 Å². The smallest absolute Gasteiger partial charge is 0.180 e. The molecule has 0 fully saturated rings. The topological polar surface area (TPSA) is 54.3 Å². The second-order valence-corrected chi connectivity index (χ2v) is 5.23. The third-order valence-electron chi connectivity index (χ3n) is 3.45. The first-order valence-corrected chi connectivity index (χ1v) is 7.24. The van der Waals surface area contributed by atoms with E-state index in [4.69, 9.17) is 0 Å². The summed E-state index contributed by atoms with van der Waals surface area (Å²) in [5, 5.41) is 13.1. The molecule has 1 unspecified atom stereocenters. The van der Waals surface area contributed by atoms with Crippen molar-refractivity contribution in [2.45, 2.75) is 18.9 Å². The molecule has 0 saturated carbocycles. The lowest BCUT2D eigenvalue weighted by atomic mass is 10.1. The van der Waals surface area contributed by atoms with Crippen LogP contribution in [0.2, 0.25) is 0 Å². The van der Waals surface area contributed by atoms with Gasteiger partial charge < -0.3 is 15.0 Å². The van der Waals surface area contributed by atoms with Gasteiger partial charge >= 0.3 is 0 Å². The van der Waals surface area contributed by atoms with Gasteiger partial charge in [0.25, 0.3) is 0 Å². The van der Waals surface area contributed by atoms with E-state index in [1.165, 1.54) is 0 Å². The van der Waals surface area contributed by atoms with Crippen LogP contribution in [0.5, 0.6) is 0 Å². The van der Waals surface area contributed by atoms with Crippen LogP contribution in [-0.4, -0.2) is 34.7 Å². The highest BCUT2D eigenvalue weighted by atomic mass is 16.3. The summed E-state index contributed by atoms with van der Waals surface area (Å²) in [7, 11) is 1.87. The lowest BCUT2D eigenvalue weighted by Gasteiger charge is -2.11. The summed E-state index contributed by atoms with van der Waals surface area (Å²) in [6.07, 6.45) is 2.50. The summed E-state index contributed by atoms with van der Waals surface area (Å²) in [6, 6.07) is 13.6. The minimum atomic E-state index is -0.433. The van der Waals surface area contributed by atoms with Crippen molar-refractivity contribution in [3.63, 3.8) is 0 Å². The largest absolute Gasteiger partial charge is 0.391 e. The highest BCUT2D eigenvalue weighted by Crippen LogP contribution is 2.04. The second-order valence-electron chi connectivity index (χ2n) is 5.23. The molecule has 1 aromatic carbocycles. The van der Waals surface area contributed by atoms with Gasteiger partial charge in [0.2, 0.25) is 0 Å². The van der Waals surface area contributed by atoms with Crippen LogP contribution in [0.3, 0.4) is 0 Å². The first-order chi connectivity index (χ1) is 10.2. The van der Waals surface area contributed by atoms with Crippen molar-refractivity contribution in [2.75, 3.05) is 13.1 Å². The normalized spacial score (nSPS) is 12.3. The predicted octanol–water partition coefficient (Wildman–Crippen LogP) is 1.79. The van der Waals surface area contributed by atoms with Gasteiger partial charge in [0.05, 0.1) is 11.8 Å². The fourth-order valence-electron chi connectivity index (χ4n) is 2.31. The molecule has 0 aliphatic heterocycles. The monoisotopic (exact) mass is 286 g/mol. The summed E-state index contributed by atoms with van der Waals surface area (Å²) < 4.78 is 1.83. The van der Waals surface area contributed by atoms with Gasteiger partial charge in [-0.1, -0.05) is 30.3 Å². The SMILES string of the molecule is Cn1cccc1C(=O)CCNCC(O)Cc1ccccc1. The molecule has 0 amide bonds. The van der Waals surface area contributed by atoms with Gasteiger partial charge in [-0.3, -0.25) is 4.79 Å². The number of hydrogen-bond acceptors (Lipinski definition) is 3. The molecule has 0 bridgehead atoms. The molecule has 2 N–H and O–H groups in total. The van der Waals surface area contributed by atoms with Crippen molar-refractivity contribution in [3.8, 4) is 0 Å². The van der Waals surface area contributed by atoms with E-state index in [2.05, 4.69) is 5.32 Å². The Balaban J connectivity index is 1.65. The van der Waals surface area contributed by atoms with Crippen molar-refractivity contribution in [1.82, 2.24) is 9.88 Å². The number of nitrogens with one attached hydrogen (secondary N) is 1. The Labute approximate surface area is 125 Å². The minimum absolute atomic E-state index is 0.118. The maximum atomic E-state index is 11.9. The molecule has 1 atom stereocenters. The van der Waals surface area contributed by atoms with Gasteiger partial charge in [-0.25, -0.2) is 0 Å². The molecule has 112 valence electrons. The number of ketones is 1. The van der Waals surface area contributed by atoms with E-state index in [1.807, 2.05) is 60.3 Å². The van der Waals surface area contributed by atoms with E-state index in [1.54, 1.807) is 0 Å². The maximum Gasteiger partial charge on any atom is 0.180 e. The van der Waals surface area contributed by atoms with Crippen molar-refractivity contribution >= 4 is 5.78 Å². The van der Waals surface area contributed by atoms with E-state index in [0.717, 1.165) is 11.3 Å². The predicted molar refractivity (Wildman–Crippen MR) is 83.4 cm³/mol. The number of carbonyl (C=O) groups is 1. The third-order valence-corrected chi connectivity index (χ3v) is 3.45. The molecule has 2 rings (SSSR count). The minimum Gasteiger partial charge on any atom is -0.391 e. The zero-order chi connectivity index (χ0) is 15.1. The average molecular weight is 286 g/mol. The Kier molecular flexibility index (Phi) is 5.72. The number of aliphatic hydroxyl groups excluding tert-OH is 1. The number of aliphatic hydroxyl groups is 1. The van der Waals surface area contributed by atoms with Crippen LogP contribution < -0.4 is 5.32 Å². The summed E-state index contributed by atoms with van der Waals surface area (Å²) in [4.78, 5) is 11.9. The molecule has 4 nitrogen and oxygen atoms in total. The second kappa shape index (κ2) is 7.76. The molecule has 1 aromatic heterocycles. The summed E-state index contributed by atoms with van der Waals surface area (Å²) >= 11 is 0. The molecule has 0 aliphatic rings. The van der Waals surface area contributed by atoms with Gasteiger partial charge in [0, 0.05) is 32.8 Å². The number of rotatable bonds is 8. The maximum absolute atomic E-state index is 11.9. The molecule has 1 heterocycles. The fraction of sp³-hybridized carbons (Fsp3) is 0.353. The van der Waals surface area contributed by atoms with Crippen LogP contribution in [0.1, 0.15) is 22.5 Å². The van der Waals surface area contributed by atoms with Gasteiger partial charge in [0.1, 0.15) is 0 Å². The number of carbonyl (C=O) groups excluding carboxylic acids is 1. The van der Waals surface area contributed by atoms with E-state index in [9.17, 15) is 9.90 Å². The molecule has 0 spiro atoms. The van der Waals surface area contributed by atoms with Gasteiger partial charge in [-0.05, 0) is 24.1 Å². The van der Waals surface area contributed by atoms with Crippen molar-refractivity contribution in [3.05, 3.63) is 59.9 Å². The van der Waals surface area contributed by atoms with Gasteiger partial charge in [-0.15, -0.1) is 0 Å². The molecule has 21 heavy (non-hydrogen) atoms. The average Bonchev–Trinajstić information content (AvgIpc) is 2.91.